The van der Waals surface area contributed by atoms with Crippen molar-refractivity contribution in [1.82, 2.24) is 14.5 Å². The molecule has 0 N–H and O–H groups in total. The Hall–Kier alpha value is -0.620. The number of thioether (sulfide) groups is 1. The zero-order valence-corrected chi connectivity index (χ0v) is 12.7. The second kappa shape index (κ2) is 6.22. The predicted molar refractivity (Wildman–Crippen MR) is 81.8 cm³/mol. The van der Waals surface area contributed by atoms with Gasteiger partial charge in [0, 0.05) is 41.0 Å². The number of nitrogens with zero attached hydrogens (tertiary/aromatic N) is 3. The Bertz CT molecular complexity index is 515. The Morgan fingerprint density at radius 1 is 1.32 bits per heavy atom. The fourth-order valence-electron chi connectivity index (χ4n) is 2.28. The Morgan fingerprint density at radius 2 is 2.16 bits per heavy atom. The van der Waals surface area contributed by atoms with Gasteiger partial charge in [-0.3, -0.25) is 4.90 Å². The summed E-state index contributed by atoms with van der Waals surface area (Å²) in [5.41, 5.74) is 2.40. The summed E-state index contributed by atoms with van der Waals surface area (Å²) in [6.07, 6.45) is 0. The number of hydrogen-bond donors (Lipinski definition) is 0. The second-order valence-corrected chi connectivity index (χ2v) is 6.71. The SMILES string of the molecule is Clc1ccc([C@H]2CSCCN2Cc2csnn2)cc1. The van der Waals surface area contributed by atoms with Crippen LogP contribution in [0, 0.1) is 0 Å². The number of benzene rings is 1. The van der Waals surface area contributed by atoms with E-state index in [0.717, 1.165) is 29.6 Å². The maximum Gasteiger partial charge on any atom is 0.0895 e. The van der Waals surface area contributed by atoms with Crippen molar-refractivity contribution >= 4 is 34.9 Å². The molecule has 100 valence electrons. The van der Waals surface area contributed by atoms with E-state index in [2.05, 4.69) is 26.6 Å². The summed E-state index contributed by atoms with van der Waals surface area (Å²) in [7, 11) is 0. The molecule has 2 heterocycles. The van der Waals surface area contributed by atoms with E-state index in [4.69, 9.17) is 11.6 Å². The van der Waals surface area contributed by atoms with Gasteiger partial charge in [0.15, 0.2) is 0 Å². The smallest absolute Gasteiger partial charge is 0.0895 e. The molecule has 1 aromatic carbocycles. The number of aromatic nitrogens is 2. The molecule has 1 saturated heterocycles. The number of halogens is 1. The van der Waals surface area contributed by atoms with Crippen LogP contribution in [0.25, 0.3) is 0 Å². The average molecular weight is 312 g/mol. The Kier molecular flexibility index (Phi) is 4.38. The molecular formula is C13H14ClN3S2. The van der Waals surface area contributed by atoms with Crippen LogP contribution in [0.5, 0.6) is 0 Å². The summed E-state index contributed by atoms with van der Waals surface area (Å²) in [6.45, 7) is 1.97. The molecule has 0 saturated carbocycles. The number of hydrogen-bond acceptors (Lipinski definition) is 5. The normalized spacial score (nSPS) is 20.6. The van der Waals surface area contributed by atoms with Gasteiger partial charge in [-0.15, -0.1) is 5.10 Å². The molecule has 1 atom stereocenters. The van der Waals surface area contributed by atoms with Crippen LogP contribution in [-0.2, 0) is 6.54 Å². The molecule has 0 bridgehead atoms. The van der Waals surface area contributed by atoms with Crippen LogP contribution in [0.2, 0.25) is 5.02 Å². The van der Waals surface area contributed by atoms with Gasteiger partial charge in [-0.2, -0.15) is 11.8 Å². The molecule has 19 heavy (non-hydrogen) atoms. The van der Waals surface area contributed by atoms with Crippen LogP contribution in [0.3, 0.4) is 0 Å². The van der Waals surface area contributed by atoms with Gasteiger partial charge >= 0.3 is 0 Å². The quantitative estimate of drug-likeness (QED) is 0.868. The predicted octanol–water partition coefficient (Wildman–Crippen LogP) is 3.48. The standard InChI is InChI=1S/C13H14ClN3S2/c14-11-3-1-10(2-4-11)13-9-18-6-5-17(13)7-12-8-19-16-15-12/h1-4,8,13H,5-7,9H2/t13-/m1/s1. The summed E-state index contributed by atoms with van der Waals surface area (Å²) < 4.78 is 3.94. The lowest BCUT2D eigenvalue weighted by atomic mass is 10.1. The Morgan fingerprint density at radius 3 is 2.89 bits per heavy atom. The highest BCUT2D eigenvalue weighted by molar-refractivity contribution is 7.99. The van der Waals surface area contributed by atoms with Crippen molar-refractivity contribution in [2.75, 3.05) is 18.1 Å². The molecule has 1 aliphatic heterocycles. The highest BCUT2D eigenvalue weighted by Gasteiger charge is 2.24. The molecule has 1 aromatic heterocycles. The average Bonchev–Trinajstić information content (AvgIpc) is 2.93. The fraction of sp³-hybridized carbons (Fsp3) is 0.385. The van der Waals surface area contributed by atoms with Gasteiger partial charge in [0.1, 0.15) is 0 Å². The Labute approximate surface area is 126 Å². The molecule has 0 aliphatic carbocycles. The van der Waals surface area contributed by atoms with E-state index >= 15 is 0 Å². The van der Waals surface area contributed by atoms with Gasteiger partial charge in [0.05, 0.1) is 5.69 Å². The molecule has 1 fully saturated rings. The van der Waals surface area contributed by atoms with E-state index in [0.29, 0.717) is 6.04 Å². The van der Waals surface area contributed by atoms with Crippen LogP contribution >= 0.6 is 34.9 Å². The third kappa shape index (κ3) is 3.28. The summed E-state index contributed by atoms with van der Waals surface area (Å²) in [5, 5.41) is 6.97. The van der Waals surface area contributed by atoms with Crippen molar-refractivity contribution in [2.45, 2.75) is 12.6 Å². The van der Waals surface area contributed by atoms with Gasteiger partial charge in [0.2, 0.25) is 0 Å². The van der Waals surface area contributed by atoms with Crippen molar-refractivity contribution < 1.29 is 0 Å². The summed E-state index contributed by atoms with van der Waals surface area (Å²) >= 11 is 9.39. The third-order valence-electron chi connectivity index (χ3n) is 3.26. The third-order valence-corrected chi connectivity index (χ3v) is 5.09. The van der Waals surface area contributed by atoms with Gasteiger partial charge in [0.25, 0.3) is 0 Å². The first-order valence-corrected chi connectivity index (χ1v) is 8.53. The van der Waals surface area contributed by atoms with Gasteiger partial charge in [-0.1, -0.05) is 28.2 Å². The zero-order chi connectivity index (χ0) is 13.1. The lowest BCUT2D eigenvalue weighted by Gasteiger charge is -2.35. The van der Waals surface area contributed by atoms with Crippen molar-refractivity contribution in [3.05, 3.63) is 45.9 Å². The molecule has 0 spiro atoms. The van der Waals surface area contributed by atoms with Crippen LogP contribution in [0.1, 0.15) is 17.3 Å². The minimum absolute atomic E-state index is 0.442. The lowest BCUT2D eigenvalue weighted by molar-refractivity contribution is 0.209. The van der Waals surface area contributed by atoms with E-state index in [9.17, 15) is 0 Å². The molecular weight excluding hydrogens is 298 g/mol. The van der Waals surface area contributed by atoms with E-state index in [-0.39, 0.29) is 0 Å². The lowest BCUT2D eigenvalue weighted by Crippen LogP contribution is -2.35. The minimum Gasteiger partial charge on any atom is -0.289 e. The van der Waals surface area contributed by atoms with Crippen LogP contribution in [0.15, 0.2) is 29.6 Å². The first kappa shape index (κ1) is 13.4. The molecule has 0 amide bonds. The van der Waals surface area contributed by atoms with Crippen LogP contribution in [-0.4, -0.2) is 32.5 Å². The maximum atomic E-state index is 5.97. The molecule has 6 heteroatoms. The molecule has 2 aromatic rings. The van der Waals surface area contributed by atoms with E-state index in [1.54, 1.807) is 0 Å². The largest absolute Gasteiger partial charge is 0.289 e. The minimum atomic E-state index is 0.442. The van der Waals surface area contributed by atoms with Crippen molar-refractivity contribution in [3.63, 3.8) is 0 Å². The van der Waals surface area contributed by atoms with Crippen molar-refractivity contribution in [1.29, 1.82) is 0 Å². The summed E-state index contributed by atoms with van der Waals surface area (Å²) in [6, 6.07) is 8.64. The maximum absolute atomic E-state index is 5.97. The zero-order valence-electron chi connectivity index (χ0n) is 10.3. The highest BCUT2D eigenvalue weighted by atomic mass is 35.5. The molecule has 0 radical (unpaired) electrons. The van der Waals surface area contributed by atoms with Crippen molar-refractivity contribution in [2.24, 2.45) is 0 Å². The Balaban J connectivity index is 1.78. The topological polar surface area (TPSA) is 29.0 Å². The molecule has 3 rings (SSSR count). The first-order chi connectivity index (χ1) is 9.33. The highest BCUT2D eigenvalue weighted by Crippen LogP contribution is 2.31. The summed E-state index contributed by atoms with van der Waals surface area (Å²) in [5.74, 6) is 2.31. The monoisotopic (exact) mass is 311 g/mol. The van der Waals surface area contributed by atoms with Gasteiger partial charge in [-0.05, 0) is 29.2 Å². The van der Waals surface area contributed by atoms with Crippen LogP contribution < -0.4 is 0 Å². The second-order valence-electron chi connectivity index (χ2n) is 4.51. The molecule has 0 unspecified atom stereocenters. The number of rotatable bonds is 3. The van der Waals surface area contributed by atoms with Crippen LogP contribution in [0.4, 0.5) is 0 Å². The molecule has 1 aliphatic rings. The van der Waals surface area contributed by atoms with E-state index in [1.165, 1.54) is 22.8 Å². The van der Waals surface area contributed by atoms with Crippen molar-refractivity contribution in [3.8, 4) is 0 Å². The van der Waals surface area contributed by atoms with E-state index < -0.39 is 0 Å². The van der Waals surface area contributed by atoms with Gasteiger partial charge < -0.3 is 0 Å². The first-order valence-electron chi connectivity index (χ1n) is 6.16. The van der Waals surface area contributed by atoms with E-state index in [1.807, 2.05) is 29.3 Å². The molecule has 3 nitrogen and oxygen atoms in total. The van der Waals surface area contributed by atoms with Gasteiger partial charge in [-0.25, -0.2) is 0 Å². The summed E-state index contributed by atoms with van der Waals surface area (Å²) in [4.78, 5) is 2.48. The fourth-order valence-corrected chi connectivity index (χ4v) is 4.01.